The van der Waals surface area contributed by atoms with Gasteiger partial charge in [0, 0.05) is 19.2 Å². The Morgan fingerprint density at radius 2 is 1.60 bits per heavy atom. The van der Waals surface area contributed by atoms with Gasteiger partial charge in [0.2, 0.25) is 0 Å². The van der Waals surface area contributed by atoms with E-state index < -0.39 is 17.4 Å². The number of benzene rings is 1. The Hall–Kier alpha value is -3.09. The summed E-state index contributed by atoms with van der Waals surface area (Å²) in [6, 6.07) is 8.68. The lowest BCUT2D eigenvalue weighted by atomic mass is 10.1. The first-order valence-electron chi connectivity index (χ1n) is 8.33. The second kappa shape index (κ2) is 5.77. The fourth-order valence-corrected chi connectivity index (χ4v) is 3.58. The van der Waals surface area contributed by atoms with E-state index in [2.05, 4.69) is 10.2 Å². The predicted octanol–water partition coefficient (Wildman–Crippen LogP) is 1.29. The van der Waals surface area contributed by atoms with Crippen molar-refractivity contribution in [2.24, 2.45) is 0 Å². The van der Waals surface area contributed by atoms with Gasteiger partial charge in [-0.25, -0.2) is 0 Å². The van der Waals surface area contributed by atoms with E-state index in [1.54, 1.807) is 0 Å². The van der Waals surface area contributed by atoms with Gasteiger partial charge < -0.3 is 10.6 Å². The van der Waals surface area contributed by atoms with E-state index in [1.807, 2.05) is 24.3 Å². The summed E-state index contributed by atoms with van der Waals surface area (Å²) < 4.78 is 1.32. The van der Waals surface area contributed by atoms with Crippen LogP contribution in [0.2, 0.25) is 0 Å². The van der Waals surface area contributed by atoms with Gasteiger partial charge in [-0.05, 0) is 31.4 Å². The van der Waals surface area contributed by atoms with Crippen LogP contribution >= 0.6 is 0 Å². The Morgan fingerprint density at radius 1 is 0.920 bits per heavy atom. The number of pyridine rings is 1. The number of piperidine rings is 1. The lowest BCUT2D eigenvalue weighted by molar-refractivity contribution is 0.0880. The minimum absolute atomic E-state index is 0.00434. The van der Waals surface area contributed by atoms with E-state index in [1.165, 1.54) is 17.1 Å². The van der Waals surface area contributed by atoms with Crippen LogP contribution in [0.3, 0.4) is 0 Å². The Morgan fingerprint density at radius 3 is 2.32 bits per heavy atom. The first kappa shape index (κ1) is 15.4. The lowest BCUT2D eigenvalue weighted by Gasteiger charge is -2.31. The third-order valence-electron chi connectivity index (χ3n) is 4.77. The van der Waals surface area contributed by atoms with E-state index in [9.17, 15) is 14.4 Å². The van der Waals surface area contributed by atoms with Crippen LogP contribution in [0.1, 0.15) is 40.0 Å². The van der Waals surface area contributed by atoms with Crippen LogP contribution in [0.25, 0.3) is 5.69 Å². The number of amides is 2. The highest BCUT2D eigenvalue weighted by molar-refractivity contribution is 6.23. The van der Waals surface area contributed by atoms with Crippen molar-refractivity contribution in [2.75, 3.05) is 23.7 Å². The average molecular weight is 338 g/mol. The molecule has 0 atom stereocenters. The van der Waals surface area contributed by atoms with Crippen LogP contribution in [0.5, 0.6) is 0 Å². The zero-order valence-electron chi connectivity index (χ0n) is 13.6. The molecule has 7 heteroatoms. The number of nitrogens with two attached hydrogens (primary N) is 1. The quantitative estimate of drug-likeness (QED) is 0.804. The number of nitrogens with one attached hydrogen (secondary N) is 1. The third kappa shape index (κ3) is 2.39. The van der Waals surface area contributed by atoms with Crippen molar-refractivity contribution in [1.82, 2.24) is 9.88 Å². The van der Waals surface area contributed by atoms with Crippen molar-refractivity contribution in [3.05, 3.63) is 51.8 Å². The van der Waals surface area contributed by atoms with Crippen molar-refractivity contribution in [1.29, 1.82) is 0 Å². The number of fused-ring (bicyclic) bond motifs is 1. The molecular weight excluding hydrogens is 320 g/mol. The van der Waals surface area contributed by atoms with Crippen LogP contribution in [0.4, 0.5) is 11.5 Å². The molecule has 1 aromatic carbocycles. The second-order valence-electron chi connectivity index (χ2n) is 6.31. The predicted molar refractivity (Wildman–Crippen MR) is 94.3 cm³/mol. The van der Waals surface area contributed by atoms with Crippen LogP contribution in [-0.4, -0.2) is 29.5 Å². The number of carbonyl (C=O) groups is 2. The Bertz CT molecular complexity index is 942. The van der Waals surface area contributed by atoms with Gasteiger partial charge in [-0.1, -0.05) is 12.1 Å². The van der Waals surface area contributed by atoms with E-state index in [-0.39, 0.29) is 16.9 Å². The number of hydrogen-bond donors (Lipinski definition) is 2. The summed E-state index contributed by atoms with van der Waals surface area (Å²) in [5.41, 5.74) is 7.36. The fourth-order valence-electron chi connectivity index (χ4n) is 3.58. The Kier molecular flexibility index (Phi) is 3.56. The molecule has 1 aromatic heterocycles. The molecule has 0 saturated carbocycles. The molecule has 3 heterocycles. The van der Waals surface area contributed by atoms with E-state index in [0.717, 1.165) is 31.6 Å². The highest BCUT2D eigenvalue weighted by Crippen LogP contribution is 2.30. The number of aromatic nitrogens is 1. The van der Waals surface area contributed by atoms with Gasteiger partial charge in [0.25, 0.3) is 17.4 Å². The molecule has 0 unspecified atom stereocenters. The van der Waals surface area contributed by atoms with Crippen molar-refractivity contribution in [2.45, 2.75) is 19.3 Å². The molecule has 2 aromatic rings. The molecule has 2 aliphatic heterocycles. The van der Waals surface area contributed by atoms with E-state index in [4.69, 9.17) is 5.73 Å². The Labute approximate surface area is 144 Å². The first-order chi connectivity index (χ1) is 12.1. The number of nitrogen functional groups attached to an aromatic ring is 1. The van der Waals surface area contributed by atoms with Gasteiger partial charge in [-0.3, -0.25) is 24.3 Å². The van der Waals surface area contributed by atoms with Crippen molar-refractivity contribution >= 4 is 23.3 Å². The van der Waals surface area contributed by atoms with Gasteiger partial charge in [-0.15, -0.1) is 0 Å². The number of carbonyl (C=O) groups excluding carboxylic acids is 2. The van der Waals surface area contributed by atoms with Crippen molar-refractivity contribution < 1.29 is 9.59 Å². The monoisotopic (exact) mass is 338 g/mol. The van der Waals surface area contributed by atoms with Crippen molar-refractivity contribution in [3.8, 4) is 5.69 Å². The summed E-state index contributed by atoms with van der Waals surface area (Å²) in [7, 11) is 0. The summed E-state index contributed by atoms with van der Waals surface area (Å²) in [6.07, 6.45) is 3.39. The molecule has 0 spiro atoms. The summed E-state index contributed by atoms with van der Waals surface area (Å²) in [4.78, 5) is 38.7. The van der Waals surface area contributed by atoms with Gasteiger partial charge >= 0.3 is 0 Å². The normalized spacial score (nSPS) is 16.7. The highest BCUT2D eigenvalue weighted by Gasteiger charge is 2.32. The van der Waals surface area contributed by atoms with Gasteiger partial charge in [0.1, 0.15) is 5.82 Å². The molecule has 0 radical (unpaired) electrons. The molecule has 7 nitrogen and oxygen atoms in total. The van der Waals surface area contributed by atoms with E-state index >= 15 is 0 Å². The third-order valence-corrected chi connectivity index (χ3v) is 4.77. The topological polar surface area (TPSA) is 97.4 Å². The van der Waals surface area contributed by atoms with Gasteiger partial charge in [0.05, 0.1) is 22.5 Å². The molecule has 25 heavy (non-hydrogen) atoms. The SMILES string of the molecule is Nc1c2c(cc(=O)n1-c1ccccc1N1CCCCC1)C(=O)NC2=O. The number of imide groups is 1. The maximum atomic E-state index is 12.7. The number of nitrogens with zero attached hydrogens (tertiary/aromatic N) is 2. The van der Waals surface area contributed by atoms with Gasteiger partial charge in [-0.2, -0.15) is 0 Å². The molecule has 2 aliphatic rings. The number of para-hydroxylation sites is 2. The molecule has 3 N–H and O–H groups in total. The molecule has 0 bridgehead atoms. The maximum Gasteiger partial charge on any atom is 0.262 e. The van der Waals surface area contributed by atoms with Crippen LogP contribution in [0, 0.1) is 0 Å². The zero-order valence-corrected chi connectivity index (χ0v) is 13.6. The second-order valence-corrected chi connectivity index (χ2v) is 6.31. The molecular formula is C18H18N4O3. The summed E-state index contributed by atoms with van der Waals surface area (Å²) in [5, 5.41) is 2.19. The molecule has 128 valence electrons. The van der Waals surface area contributed by atoms with Crippen LogP contribution in [-0.2, 0) is 0 Å². The zero-order chi connectivity index (χ0) is 17.6. The molecule has 4 rings (SSSR count). The summed E-state index contributed by atoms with van der Waals surface area (Å²) in [5.74, 6) is -1.16. The summed E-state index contributed by atoms with van der Waals surface area (Å²) >= 11 is 0. The van der Waals surface area contributed by atoms with Crippen LogP contribution in [0.15, 0.2) is 35.1 Å². The fraction of sp³-hybridized carbons (Fsp3) is 0.278. The van der Waals surface area contributed by atoms with Gasteiger partial charge in [0.15, 0.2) is 0 Å². The number of hydrogen-bond acceptors (Lipinski definition) is 5. The first-order valence-corrected chi connectivity index (χ1v) is 8.33. The molecule has 1 fully saturated rings. The Balaban J connectivity index is 1.92. The highest BCUT2D eigenvalue weighted by atomic mass is 16.2. The molecule has 2 amide bonds. The summed E-state index contributed by atoms with van der Waals surface area (Å²) in [6.45, 7) is 1.82. The average Bonchev–Trinajstić information content (AvgIpc) is 2.90. The molecule has 1 saturated heterocycles. The largest absolute Gasteiger partial charge is 0.384 e. The number of anilines is 2. The molecule has 0 aliphatic carbocycles. The minimum Gasteiger partial charge on any atom is -0.384 e. The standard InChI is InChI=1S/C18H18N4O3/c19-16-15-11(17(24)20-18(15)25)10-14(23)22(16)13-7-3-2-6-12(13)21-8-4-1-5-9-21/h2-3,6-7,10H,1,4-5,8-9,19H2,(H,20,24,25). The van der Waals surface area contributed by atoms with E-state index in [0.29, 0.717) is 5.69 Å². The number of rotatable bonds is 2. The minimum atomic E-state index is -0.583. The lowest BCUT2D eigenvalue weighted by Crippen LogP contribution is -2.32. The van der Waals surface area contributed by atoms with Crippen LogP contribution < -0.4 is 21.5 Å². The maximum absolute atomic E-state index is 12.7. The smallest absolute Gasteiger partial charge is 0.262 e. The van der Waals surface area contributed by atoms with Crippen molar-refractivity contribution in [3.63, 3.8) is 0 Å².